The van der Waals surface area contributed by atoms with Gasteiger partial charge in [0, 0.05) is 12.8 Å². The number of unbranched alkanes of at least 4 members (excludes halogenated alkanes) is 22. The standard InChI is InChI=1S/C34H67NO5/c1-3-5-7-9-11-13-14-15-16-17-18-20-22-24-26-28-32(39)40-33(35)34(29-36,30-37)31(38)27-25-23-21-19-12-10-8-6-4-2/h33,36-37H,3-30,35H2,1-2H3. The Kier molecular flexibility index (Phi) is 27.5. The van der Waals surface area contributed by atoms with E-state index in [0.717, 1.165) is 32.1 Å². The van der Waals surface area contributed by atoms with Gasteiger partial charge in [0.25, 0.3) is 0 Å². The number of hydrogen-bond acceptors (Lipinski definition) is 6. The van der Waals surface area contributed by atoms with Crippen molar-refractivity contribution in [2.45, 2.75) is 187 Å². The van der Waals surface area contributed by atoms with Gasteiger partial charge < -0.3 is 14.9 Å². The minimum Gasteiger partial charge on any atom is -0.445 e. The van der Waals surface area contributed by atoms with Crippen LogP contribution in [0.15, 0.2) is 0 Å². The van der Waals surface area contributed by atoms with Crippen LogP contribution in [0.25, 0.3) is 0 Å². The normalized spacial score (nSPS) is 12.5. The molecule has 40 heavy (non-hydrogen) atoms. The van der Waals surface area contributed by atoms with E-state index in [2.05, 4.69) is 13.8 Å². The van der Waals surface area contributed by atoms with Gasteiger partial charge in [-0.1, -0.05) is 155 Å². The maximum atomic E-state index is 12.9. The predicted octanol–water partition coefficient (Wildman–Crippen LogP) is 8.54. The van der Waals surface area contributed by atoms with E-state index < -0.39 is 30.8 Å². The lowest BCUT2D eigenvalue weighted by Crippen LogP contribution is -2.54. The van der Waals surface area contributed by atoms with Crippen LogP contribution in [0, 0.1) is 5.41 Å². The van der Waals surface area contributed by atoms with Crippen LogP contribution in [0.3, 0.4) is 0 Å². The molecule has 0 rings (SSSR count). The molecule has 0 heterocycles. The van der Waals surface area contributed by atoms with E-state index in [-0.39, 0.29) is 18.6 Å². The lowest BCUT2D eigenvalue weighted by Gasteiger charge is -2.33. The van der Waals surface area contributed by atoms with E-state index in [1.54, 1.807) is 0 Å². The second-order valence-electron chi connectivity index (χ2n) is 12.1. The fraction of sp³-hybridized carbons (Fsp3) is 0.941. The zero-order valence-electron chi connectivity index (χ0n) is 26.6. The summed E-state index contributed by atoms with van der Waals surface area (Å²) in [7, 11) is 0. The highest BCUT2D eigenvalue weighted by atomic mass is 16.6. The number of Topliss-reactive ketones (excluding diaryl/α,β-unsaturated/α-hetero) is 1. The van der Waals surface area contributed by atoms with Crippen LogP contribution >= 0.6 is 0 Å². The van der Waals surface area contributed by atoms with Gasteiger partial charge in [-0.15, -0.1) is 0 Å². The molecule has 0 amide bonds. The summed E-state index contributed by atoms with van der Waals surface area (Å²) < 4.78 is 5.33. The Morgan fingerprint density at radius 2 is 0.850 bits per heavy atom. The highest BCUT2D eigenvalue weighted by molar-refractivity contribution is 5.86. The molecule has 6 heteroatoms. The molecule has 0 aliphatic heterocycles. The highest BCUT2D eigenvalue weighted by Crippen LogP contribution is 2.26. The van der Waals surface area contributed by atoms with Crippen molar-refractivity contribution in [3.8, 4) is 0 Å². The summed E-state index contributed by atoms with van der Waals surface area (Å²) in [6.07, 6.45) is 28.2. The molecular weight excluding hydrogens is 502 g/mol. The summed E-state index contributed by atoms with van der Waals surface area (Å²) in [6, 6.07) is 0. The molecule has 0 aliphatic carbocycles. The second kappa shape index (κ2) is 28.2. The van der Waals surface area contributed by atoms with Crippen LogP contribution in [0.5, 0.6) is 0 Å². The number of carbonyl (C=O) groups is 2. The maximum Gasteiger partial charge on any atom is 0.307 e. The van der Waals surface area contributed by atoms with Gasteiger partial charge in [0.05, 0.1) is 13.2 Å². The highest BCUT2D eigenvalue weighted by Gasteiger charge is 2.45. The van der Waals surface area contributed by atoms with Crippen LogP contribution in [-0.4, -0.2) is 41.4 Å². The summed E-state index contributed by atoms with van der Waals surface area (Å²) >= 11 is 0. The first-order chi connectivity index (χ1) is 19.5. The first-order valence-corrected chi connectivity index (χ1v) is 17.2. The maximum absolute atomic E-state index is 12.9. The van der Waals surface area contributed by atoms with Crippen LogP contribution < -0.4 is 5.73 Å². The second-order valence-corrected chi connectivity index (χ2v) is 12.1. The molecule has 6 nitrogen and oxygen atoms in total. The van der Waals surface area contributed by atoms with Crippen molar-refractivity contribution < 1.29 is 24.5 Å². The summed E-state index contributed by atoms with van der Waals surface area (Å²) in [4.78, 5) is 25.2. The SMILES string of the molecule is CCCCCCCCCCCCCCCCCC(=O)OC(N)C(CO)(CO)C(=O)CCCCCCCCCCC. The molecule has 238 valence electrons. The zero-order valence-corrected chi connectivity index (χ0v) is 26.6. The number of nitrogens with two attached hydrogens (primary N) is 1. The first kappa shape index (κ1) is 39.0. The molecule has 4 N–H and O–H groups in total. The molecule has 0 radical (unpaired) electrons. The van der Waals surface area contributed by atoms with E-state index >= 15 is 0 Å². The topological polar surface area (TPSA) is 110 Å². The third-order valence-electron chi connectivity index (χ3n) is 8.41. The number of carbonyl (C=O) groups excluding carboxylic acids is 2. The minimum atomic E-state index is -1.63. The summed E-state index contributed by atoms with van der Waals surface area (Å²) in [5.74, 6) is -0.794. The fourth-order valence-electron chi connectivity index (χ4n) is 5.36. The van der Waals surface area contributed by atoms with E-state index in [1.807, 2.05) is 0 Å². The summed E-state index contributed by atoms with van der Waals surface area (Å²) in [6.45, 7) is 3.21. The predicted molar refractivity (Wildman–Crippen MR) is 167 cm³/mol. The number of aliphatic hydroxyl groups excluding tert-OH is 2. The monoisotopic (exact) mass is 570 g/mol. The summed E-state index contributed by atoms with van der Waals surface area (Å²) in [5, 5.41) is 19.9. The Morgan fingerprint density at radius 3 is 1.18 bits per heavy atom. The van der Waals surface area contributed by atoms with Crippen LogP contribution in [0.2, 0.25) is 0 Å². The summed E-state index contributed by atoms with van der Waals surface area (Å²) in [5.41, 5.74) is 4.42. The average Bonchev–Trinajstić information content (AvgIpc) is 2.95. The Bertz CT molecular complexity index is 579. The van der Waals surface area contributed by atoms with Crippen molar-refractivity contribution >= 4 is 11.8 Å². The van der Waals surface area contributed by atoms with E-state index in [4.69, 9.17) is 10.5 Å². The molecule has 0 spiro atoms. The largest absolute Gasteiger partial charge is 0.445 e. The van der Waals surface area contributed by atoms with Gasteiger partial charge in [-0.25, -0.2) is 0 Å². The number of ketones is 1. The Labute approximate surface area is 247 Å². The third kappa shape index (κ3) is 20.0. The number of hydrogen-bond donors (Lipinski definition) is 3. The third-order valence-corrected chi connectivity index (χ3v) is 8.41. The Balaban J connectivity index is 3.96. The molecule has 1 atom stereocenters. The Hall–Kier alpha value is -0.980. The Morgan fingerprint density at radius 1 is 0.550 bits per heavy atom. The lowest BCUT2D eigenvalue weighted by molar-refractivity contribution is -0.166. The van der Waals surface area contributed by atoms with Crippen molar-refractivity contribution in [1.82, 2.24) is 0 Å². The molecule has 0 bridgehead atoms. The zero-order chi connectivity index (χ0) is 29.7. The first-order valence-electron chi connectivity index (χ1n) is 17.2. The molecule has 0 fully saturated rings. The van der Waals surface area contributed by atoms with E-state index in [1.165, 1.54) is 116 Å². The van der Waals surface area contributed by atoms with Crippen LogP contribution in [0.1, 0.15) is 181 Å². The van der Waals surface area contributed by atoms with Gasteiger partial charge in [0.2, 0.25) is 0 Å². The molecule has 0 saturated carbocycles. The van der Waals surface area contributed by atoms with Crippen molar-refractivity contribution in [2.24, 2.45) is 11.1 Å². The molecule has 0 aromatic carbocycles. The van der Waals surface area contributed by atoms with Crippen molar-refractivity contribution in [1.29, 1.82) is 0 Å². The van der Waals surface area contributed by atoms with Crippen molar-refractivity contribution in [2.75, 3.05) is 13.2 Å². The quantitative estimate of drug-likeness (QED) is 0.0438. The van der Waals surface area contributed by atoms with Crippen molar-refractivity contribution in [3.63, 3.8) is 0 Å². The number of esters is 1. The van der Waals surface area contributed by atoms with Gasteiger partial charge >= 0.3 is 5.97 Å². The molecular formula is C34H67NO5. The van der Waals surface area contributed by atoms with Gasteiger partial charge in [-0.2, -0.15) is 0 Å². The van der Waals surface area contributed by atoms with Crippen molar-refractivity contribution in [3.05, 3.63) is 0 Å². The smallest absolute Gasteiger partial charge is 0.307 e. The van der Waals surface area contributed by atoms with Crippen LogP contribution in [0.4, 0.5) is 0 Å². The fourth-order valence-corrected chi connectivity index (χ4v) is 5.36. The molecule has 0 aliphatic rings. The number of aliphatic hydroxyl groups is 2. The van der Waals surface area contributed by atoms with Gasteiger partial charge in [0.15, 0.2) is 6.23 Å². The van der Waals surface area contributed by atoms with Crippen LogP contribution in [-0.2, 0) is 14.3 Å². The number of rotatable bonds is 31. The van der Waals surface area contributed by atoms with Gasteiger partial charge in [-0.05, 0) is 12.8 Å². The lowest BCUT2D eigenvalue weighted by atomic mass is 9.80. The van der Waals surface area contributed by atoms with Gasteiger partial charge in [0.1, 0.15) is 11.2 Å². The molecule has 0 aromatic heterocycles. The molecule has 0 saturated heterocycles. The average molecular weight is 570 g/mol. The minimum absolute atomic E-state index is 0.223. The molecule has 1 unspecified atom stereocenters. The van der Waals surface area contributed by atoms with Gasteiger partial charge in [-0.3, -0.25) is 15.3 Å². The molecule has 0 aromatic rings. The number of ether oxygens (including phenoxy) is 1. The van der Waals surface area contributed by atoms with E-state index in [9.17, 15) is 19.8 Å². The van der Waals surface area contributed by atoms with E-state index in [0.29, 0.717) is 6.42 Å².